The number of nitrogens with two attached hydrogens (primary N) is 1. The zero-order chi connectivity index (χ0) is 11.4. The molecule has 0 spiro atoms. The van der Waals surface area contributed by atoms with Crippen LogP contribution in [0.25, 0.3) is 11.3 Å². The van der Waals surface area contributed by atoms with Gasteiger partial charge in [-0.05, 0) is 0 Å². The van der Waals surface area contributed by atoms with E-state index in [2.05, 4.69) is 15.4 Å². The van der Waals surface area contributed by atoms with Crippen LogP contribution in [0.4, 0.5) is 5.82 Å². The van der Waals surface area contributed by atoms with E-state index in [4.69, 9.17) is 5.84 Å². The standard InChI is InChI=1S/C12H14N4/c1-2-11-14-10(8-12(15-11)16-13)9-6-4-3-5-7-9/h3-8H,2,13H2,1H3,(H,14,15,16). The number of anilines is 1. The van der Waals surface area contributed by atoms with Gasteiger partial charge in [-0.1, -0.05) is 37.3 Å². The van der Waals surface area contributed by atoms with Crippen molar-refractivity contribution in [3.05, 3.63) is 42.2 Å². The van der Waals surface area contributed by atoms with Crippen LogP contribution in [0.5, 0.6) is 0 Å². The highest BCUT2D eigenvalue weighted by atomic mass is 15.3. The lowest BCUT2D eigenvalue weighted by Crippen LogP contribution is -2.10. The molecule has 82 valence electrons. The Bertz CT molecular complexity index is 445. The van der Waals surface area contributed by atoms with Crippen LogP contribution in [0.1, 0.15) is 12.7 Å². The Morgan fingerprint density at radius 2 is 1.94 bits per heavy atom. The van der Waals surface area contributed by atoms with E-state index in [0.717, 1.165) is 23.5 Å². The number of rotatable bonds is 3. The molecular formula is C12H14N4. The van der Waals surface area contributed by atoms with E-state index < -0.39 is 0 Å². The van der Waals surface area contributed by atoms with Crippen molar-refractivity contribution in [2.24, 2.45) is 5.84 Å². The molecule has 2 aromatic rings. The highest BCUT2D eigenvalue weighted by molar-refractivity contribution is 5.62. The molecule has 4 heteroatoms. The summed E-state index contributed by atoms with van der Waals surface area (Å²) in [6, 6.07) is 11.8. The van der Waals surface area contributed by atoms with Gasteiger partial charge in [0.05, 0.1) is 5.69 Å². The molecule has 0 aliphatic carbocycles. The fourth-order valence-electron chi connectivity index (χ4n) is 1.49. The number of nitrogens with one attached hydrogen (secondary N) is 1. The SMILES string of the molecule is CCc1nc(NN)cc(-c2ccccc2)n1. The smallest absolute Gasteiger partial charge is 0.144 e. The second-order valence-electron chi connectivity index (χ2n) is 3.42. The quantitative estimate of drug-likeness (QED) is 0.606. The summed E-state index contributed by atoms with van der Waals surface area (Å²) >= 11 is 0. The van der Waals surface area contributed by atoms with Crippen LogP contribution in [0.15, 0.2) is 36.4 Å². The molecule has 16 heavy (non-hydrogen) atoms. The van der Waals surface area contributed by atoms with E-state index in [-0.39, 0.29) is 0 Å². The molecule has 1 aromatic carbocycles. The van der Waals surface area contributed by atoms with Gasteiger partial charge in [-0.2, -0.15) is 0 Å². The maximum Gasteiger partial charge on any atom is 0.144 e. The predicted molar refractivity (Wildman–Crippen MR) is 64.7 cm³/mol. The van der Waals surface area contributed by atoms with E-state index in [0.29, 0.717) is 5.82 Å². The molecule has 2 rings (SSSR count). The fourth-order valence-corrected chi connectivity index (χ4v) is 1.49. The average molecular weight is 214 g/mol. The summed E-state index contributed by atoms with van der Waals surface area (Å²) in [6.07, 6.45) is 0.787. The lowest BCUT2D eigenvalue weighted by molar-refractivity contribution is 0.941. The minimum absolute atomic E-state index is 0.644. The van der Waals surface area contributed by atoms with Crippen molar-refractivity contribution < 1.29 is 0 Å². The van der Waals surface area contributed by atoms with Gasteiger partial charge in [0, 0.05) is 18.1 Å². The number of hydrogen-bond donors (Lipinski definition) is 2. The van der Waals surface area contributed by atoms with Crippen molar-refractivity contribution in [3.63, 3.8) is 0 Å². The van der Waals surface area contributed by atoms with Crippen LogP contribution in [0.2, 0.25) is 0 Å². The second-order valence-corrected chi connectivity index (χ2v) is 3.42. The van der Waals surface area contributed by atoms with Gasteiger partial charge in [-0.3, -0.25) is 0 Å². The summed E-state index contributed by atoms with van der Waals surface area (Å²) in [7, 11) is 0. The monoisotopic (exact) mass is 214 g/mol. The molecule has 0 radical (unpaired) electrons. The van der Waals surface area contributed by atoms with Crippen molar-refractivity contribution in [3.8, 4) is 11.3 Å². The summed E-state index contributed by atoms with van der Waals surface area (Å²) in [5.41, 5.74) is 4.52. The first-order valence-electron chi connectivity index (χ1n) is 5.23. The maximum atomic E-state index is 5.38. The van der Waals surface area contributed by atoms with Crippen molar-refractivity contribution >= 4 is 5.82 Å². The van der Waals surface area contributed by atoms with Gasteiger partial charge in [-0.15, -0.1) is 0 Å². The number of nitrogens with zero attached hydrogens (tertiary/aromatic N) is 2. The van der Waals surface area contributed by atoms with Crippen LogP contribution >= 0.6 is 0 Å². The van der Waals surface area contributed by atoms with Crippen LogP contribution in [0, 0.1) is 0 Å². The van der Waals surface area contributed by atoms with Crippen molar-refractivity contribution in [2.75, 3.05) is 5.43 Å². The molecule has 3 N–H and O–H groups in total. The van der Waals surface area contributed by atoms with Gasteiger partial charge in [0.25, 0.3) is 0 Å². The molecule has 0 saturated carbocycles. The van der Waals surface area contributed by atoms with Crippen molar-refractivity contribution in [2.45, 2.75) is 13.3 Å². The summed E-state index contributed by atoms with van der Waals surface area (Å²) in [4.78, 5) is 8.71. The van der Waals surface area contributed by atoms with Gasteiger partial charge in [0.1, 0.15) is 11.6 Å². The molecule has 0 aliphatic heterocycles. The Hall–Kier alpha value is -1.94. The van der Waals surface area contributed by atoms with E-state index in [1.54, 1.807) is 0 Å². The van der Waals surface area contributed by atoms with Crippen LogP contribution < -0.4 is 11.3 Å². The van der Waals surface area contributed by atoms with Crippen LogP contribution in [0.3, 0.4) is 0 Å². The molecule has 1 aromatic heterocycles. The molecule has 0 aliphatic rings. The zero-order valence-corrected chi connectivity index (χ0v) is 9.14. The third kappa shape index (κ3) is 2.17. The molecule has 0 unspecified atom stereocenters. The number of hydrazine groups is 1. The third-order valence-corrected chi connectivity index (χ3v) is 2.31. The minimum atomic E-state index is 0.644. The molecule has 0 atom stereocenters. The van der Waals surface area contributed by atoms with E-state index in [1.165, 1.54) is 0 Å². The van der Waals surface area contributed by atoms with Gasteiger partial charge in [0.2, 0.25) is 0 Å². The molecule has 0 amide bonds. The molecule has 4 nitrogen and oxygen atoms in total. The number of nitrogen functional groups attached to an aromatic ring is 1. The summed E-state index contributed by atoms with van der Waals surface area (Å²) in [6.45, 7) is 2.02. The van der Waals surface area contributed by atoms with Crippen molar-refractivity contribution in [1.29, 1.82) is 0 Å². The van der Waals surface area contributed by atoms with E-state index in [9.17, 15) is 0 Å². The fraction of sp³-hybridized carbons (Fsp3) is 0.167. The summed E-state index contributed by atoms with van der Waals surface area (Å²) in [5.74, 6) is 6.81. The first-order valence-corrected chi connectivity index (χ1v) is 5.23. The molecule has 0 fully saturated rings. The Morgan fingerprint density at radius 3 is 2.56 bits per heavy atom. The number of benzene rings is 1. The zero-order valence-electron chi connectivity index (χ0n) is 9.14. The normalized spacial score (nSPS) is 10.1. The highest BCUT2D eigenvalue weighted by Crippen LogP contribution is 2.19. The topological polar surface area (TPSA) is 63.8 Å². The Morgan fingerprint density at radius 1 is 1.19 bits per heavy atom. The van der Waals surface area contributed by atoms with Gasteiger partial charge < -0.3 is 5.43 Å². The lowest BCUT2D eigenvalue weighted by Gasteiger charge is -2.06. The number of aryl methyl sites for hydroxylation is 1. The van der Waals surface area contributed by atoms with E-state index >= 15 is 0 Å². The first kappa shape index (κ1) is 10.6. The molecule has 0 bridgehead atoms. The largest absolute Gasteiger partial charge is 0.308 e. The molecule has 0 saturated heterocycles. The van der Waals surface area contributed by atoms with Crippen LogP contribution in [-0.4, -0.2) is 9.97 Å². The molecular weight excluding hydrogens is 200 g/mol. The minimum Gasteiger partial charge on any atom is -0.308 e. The number of aromatic nitrogens is 2. The number of hydrogen-bond acceptors (Lipinski definition) is 4. The van der Waals surface area contributed by atoms with Gasteiger partial charge in [-0.25, -0.2) is 15.8 Å². The van der Waals surface area contributed by atoms with Crippen molar-refractivity contribution in [1.82, 2.24) is 9.97 Å². The Balaban J connectivity index is 2.48. The Kier molecular flexibility index (Phi) is 3.12. The van der Waals surface area contributed by atoms with Crippen LogP contribution in [-0.2, 0) is 6.42 Å². The van der Waals surface area contributed by atoms with E-state index in [1.807, 2.05) is 43.3 Å². The predicted octanol–water partition coefficient (Wildman–Crippen LogP) is 1.99. The Labute approximate surface area is 94.5 Å². The average Bonchev–Trinajstić information content (AvgIpc) is 2.39. The lowest BCUT2D eigenvalue weighted by atomic mass is 10.1. The van der Waals surface area contributed by atoms with Gasteiger partial charge in [0.15, 0.2) is 0 Å². The third-order valence-electron chi connectivity index (χ3n) is 2.31. The van der Waals surface area contributed by atoms with Gasteiger partial charge >= 0.3 is 0 Å². The maximum absolute atomic E-state index is 5.38. The highest BCUT2D eigenvalue weighted by Gasteiger charge is 2.04. The second kappa shape index (κ2) is 4.72. The molecule has 1 heterocycles. The summed E-state index contributed by atoms with van der Waals surface area (Å²) < 4.78 is 0. The summed E-state index contributed by atoms with van der Waals surface area (Å²) in [5, 5.41) is 0. The first-order chi connectivity index (χ1) is 7.83.